The summed E-state index contributed by atoms with van der Waals surface area (Å²) in [6.07, 6.45) is 12.5. The van der Waals surface area contributed by atoms with E-state index in [0.29, 0.717) is 12.3 Å². The van der Waals surface area contributed by atoms with Gasteiger partial charge in [0.15, 0.2) is 0 Å². The van der Waals surface area contributed by atoms with Gasteiger partial charge in [0.2, 0.25) is 0 Å². The number of carbonyl (C=O) groups is 1. The van der Waals surface area contributed by atoms with E-state index in [-0.39, 0.29) is 6.61 Å². The highest BCUT2D eigenvalue weighted by molar-refractivity contribution is 5.80. The van der Waals surface area contributed by atoms with Crippen molar-refractivity contribution in [1.82, 2.24) is 9.80 Å². The number of piperazine rings is 1. The topological polar surface area (TPSA) is 43.8 Å². The van der Waals surface area contributed by atoms with Crippen molar-refractivity contribution in [3.63, 3.8) is 0 Å². The number of Topliss-reactive ketones (excluding diaryl/α,β-unsaturated/α-hetero) is 1. The van der Waals surface area contributed by atoms with Crippen molar-refractivity contribution in [3.05, 3.63) is 0 Å². The number of nitrogens with zero attached hydrogens (tertiary/aromatic N) is 2. The molecule has 1 aliphatic rings. The molecule has 1 rings (SSSR count). The molecule has 1 N–H and O–H groups in total. The highest BCUT2D eigenvalue weighted by atomic mass is 16.3. The maximum absolute atomic E-state index is 12.0. The van der Waals surface area contributed by atoms with Crippen molar-refractivity contribution >= 4 is 5.78 Å². The van der Waals surface area contributed by atoms with Gasteiger partial charge in [-0.1, -0.05) is 58.3 Å². The number of unbranched alkanes of at least 4 members (excludes halogenated alkanes) is 8. The van der Waals surface area contributed by atoms with Crippen LogP contribution in [-0.4, -0.2) is 66.6 Å². The number of aliphatic hydroxyl groups is 1. The molecule has 1 heterocycles. The lowest BCUT2D eigenvalue weighted by molar-refractivity contribution is -0.120. The van der Waals surface area contributed by atoms with Crippen LogP contribution in [0.15, 0.2) is 0 Å². The van der Waals surface area contributed by atoms with Gasteiger partial charge in [-0.2, -0.15) is 0 Å². The van der Waals surface area contributed by atoms with E-state index in [1.54, 1.807) is 0 Å². The summed E-state index contributed by atoms with van der Waals surface area (Å²) < 4.78 is 0. The summed E-state index contributed by atoms with van der Waals surface area (Å²) in [5.41, 5.74) is 0. The van der Waals surface area contributed by atoms with E-state index in [9.17, 15) is 4.79 Å². The summed E-state index contributed by atoms with van der Waals surface area (Å²) in [6, 6.07) is 0. The number of rotatable bonds is 14. The molecule has 23 heavy (non-hydrogen) atoms. The highest BCUT2D eigenvalue weighted by Crippen LogP contribution is 2.11. The minimum atomic E-state index is 0.234. The van der Waals surface area contributed by atoms with Crippen LogP contribution in [-0.2, 0) is 4.79 Å². The molecule has 4 nitrogen and oxygen atoms in total. The van der Waals surface area contributed by atoms with Crippen molar-refractivity contribution in [3.8, 4) is 0 Å². The summed E-state index contributed by atoms with van der Waals surface area (Å²) in [7, 11) is 0. The molecular weight excluding hydrogens is 288 g/mol. The van der Waals surface area contributed by atoms with Crippen LogP contribution in [0.5, 0.6) is 0 Å². The molecular formula is C19H38N2O2. The summed E-state index contributed by atoms with van der Waals surface area (Å²) in [5, 5.41) is 8.93. The van der Waals surface area contributed by atoms with Gasteiger partial charge < -0.3 is 5.11 Å². The zero-order valence-corrected chi connectivity index (χ0v) is 15.3. The molecule has 0 aromatic heterocycles. The normalized spacial score (nSPS) is 16.8. The Morgan fingerprint density at radius 2 is 1.35 bits per heavy atom. The fourth-order valence-corrected chi connectivity index (χ4v) is 3.27. The zero-order valence-electron chi connectivity index (χ0n) is 15.3. The SMILES string of the molecule is CCCCCCCCCCCC(=O)CN1CCN(CCO)CC1. The summed E-state index contributed by atoms with van der Waals surface area (Å²) in [4.78, 5) is 16.6. The van der Waals surface area contributed by atoms with Crippen LogP contribution in [0.3, 0.4) is 0 Å². The van der Waals surface area contributed by atoms with Gasteiger partial charge in [-0.25, -0.2) is 0 Å². The van der Waals surface area contributed by atoms with Crippen LogP contribution in [0.4, 0.5) is 0 Å². The van der Waals surface area contributed by atoms with E-state index in [4.69, 9.17) is 5.11 Å². The molecule has 0 aromatic rings. The van der Waals surface area contributed by atoms with E-state index in [1.165, 1.54) is 51.4 Å². The van der Waals surface area contributed by atoms with Crippen LogP contribution in [0.2, 0.25) is 0 Å². The average Bonchev–Trinajstić information content (AvgIpc) is 2.55. The standard InChI is InChI=1S/C19H38N2O2/c1-2-3-4-5-6-7-8-9-10-11-19(23)18-21-14-12-20(13-15-21)16-17-22/h22H,2-18H2,1H3. The predicted octanol–water partition coefficient (Wildman–Crippen LogP) is 3.09. The Hall–Kier alpha value is -0.450. The van der Waals surface area contributed by atoms with E-state index in [2.05, 4.69) is 16.7 Å². The third-order valence-corrected chi connectivity index (χ3v) is 4.84. The molecule has 0 aliphatic carbocycles. The van der Waals surface area contributed by atoms with Crippen LogP contribution in [0.1, 0.15) is 71.1 Å². The molecule has 136 valence electrons. The Morgan fingerprint density at radius 1 is 0.826 bits per heavy atom. The minimum Gasteiger partial charge on any atom is -0.395 e. The van der Waals surface area contributed by atoms with Gasteiger partial charge in [-0.3, -0.25) is 14.6 Å². The molecule has 1 aliphatic heterocycles. The summed E-state index contributed by atoms with van der Waals surface area (Å²) >= 11 is 0. The second-order valence-electron chi connectivity index (χ2n) is 6.96. The van der Waals surface area contributed by atoms with E-state index < -0.39 is 0 Å². The van der Waals surface area contributed by atoms with Crippen molar-refractivity contribution in [2.75, 3.05) is 45.9 Å². The lowest BCUT2D eigenvalue weighted by Crippen LogP contribution is -2.48. The van der Waals surface area contributed by atoms with Gasteiger partial charge in [0, 0.05) is 39.1 Å². The van der Waals surface area contributed by atoms with Gasteiger partial charge in [0.05, 0.1) is 13.2 Å². The molecule has 0 unspecified atom stereocenters. The molecule has 1 fully saturated rings. The molecule has 0 aromatic carbocycles. The maximum atomic E-state index is 12.0. The van der Waals surface area contributed by atoms with Gasteiger partial charge >= 0.3 is 0 Å². The van der Waals surface area contributed by atoms with Crippen molar-refractivity contribution in [2.45, 2.75) is 71.1 Å². The van der Waals surface area contributed by atoms with Gasteiger partial charge in [-0.05, 0) is 6.42 Å². The third kappa shape index (κ3) is 10.9. The first-order valence-corrected chi connectivity index (χ1v) is 9.83. The lowest BCUT2D eigenvalue weighted by Gasteiger charge is -2.33. The Labute approximate surface area is 143 Å². The van der Waals surface area contributed by atoms with E-state index in [0.717, 1.165) is 45.6 Å². The van der Waals surface area contributed by atoms with Crippen molar-refractivity contribution in [1.29, 1.82) is 0 Å². The monoisotopic (exact) mass is 326 g/mol. The molecule has 0 amide bonds. The Kier molecular flexibility index (Phi) is 12.5. The number of ketones is 1. The molecule has 1 saturated heterocycles. The number of hydrogen-bond donors (Lipinski definition) is 1. The number of β-amino-alcohol motifs (C(OH)–C–C–N with tert-alkyl or cyclic N) is 1. The van der Waals surface area contributed by atoms with Crippen LogP contribution in [0.25, 0.3) is 0 Å². The highest BCUT2D eigenvalue weighted by Gasteiger charge is 2.18. The molecule has 4 heteroatoms. The Morgan fingerprint density at radius 3 is 1.91 bits per heavy atom. The largest absolute Gasteiger partial charge is 0.395 e. The van der Waals surface area contributed by atoms with Crippen LogP contribution >= 0.6 is 0 Å². The second kappa shape index (κ2) is 13.9. The van der Waals surface area contributed by atoms with Crippen LogP contribution in [0, 0.1) is 0 Å². The minimum absolute atomic E-state index is 0.234. The van der Waals surface area contributed by atoms with Gasteiger partial charge in [0.25, 0.3) is 0 Å². The van der Waals surface area contributed by atoms with Crippen molar-refractivity contribution in [2.24, 2.45) is 0 Å². The molecule has 0 bridgehead atoms. The lowest BCUT2D eigenvalue weighted by atomic mass is 10.1. The first-order chi connectivity index (χ1) is 11.3. The van der Waals surface area contributed by atoms with E-state index in [1.807, 2.05) is 0 Å². The second-order valence-corrected chi connectivity index (χ2v) is 6.96. The fraction of sp³-hybridized carbons (Fsp3) is 0.947. The fourth-order valence-electron chi connectivity index (χ4n) is 3.27. The quantitative estimate of drug-likeness (QED) is 0.498. The van der Waals surface area contributed by atoms with E-state index >= 15 is 0 Å². The number of carbonyl (C=O) groups excluding carboxylic acids is 1. The summed E-state index contributed by atoms with van der Waals surface area (Å²) in [6.45, 7) is 7.76. The van der Waals surface area contributed by atoms with Gasteiger partial charge in [0.1, 0.15) is 5.78 Å². The Bertz CT molecular complexity index is 289. The first-order valence-electron chi connectivity index (χ1n) is 9.83. The van der Waals surface area contributed by atoms with Crippen molar-refractivity contribution < 1.29 is 9.90 Å². The molecule has 0 radical (unpaired) electrons. The first kappa shape index (κ1) is 20.6. The Balaban J connectivity index is 1.91. The molecule has 0 atom stereocenters. The maximum Gasteiger partial charge on any atom is 0.146 e. The third-order valence-electron chi connectivity index (χ3n) is 4.84. The smallest absolute Gasteiger partial charge is 0.146 e. The number of hydrogen-bond acceptors (Lipinski definition) is 4. The summed E-state index contributed by atoms with van der Waals surface area (Å²) in [5.74, 6) is 0.406. The van der Waals surface area contributed by atoms with Crippen LogP contribution < -0.4 is 0 Å². The predicted molar refractivity (Wildman–Crippen MR) is 96.8 cm³/mol. The molecule has 0 spiro atoms. The van der Waals surface area contributed by atoms with Gasteiger partial charge in [-0.15, -0.1) is 0 Å². The average molecular weight is 327 g/mol. The number of aliphatic hydroxyl groups excluding tert-OH is 1. The molecule has 0 saturated carbocycles. The zero-order chi connectivity index (χ0) is 16.8.